The maximum Gasteiger partial charge on any atom is 0.0110 e. The summed E-state index contributed by atoms with van der Waals surface area (Å²) in [7, 11) is 2.21. The first kappa shape index (κ1) is 14.9. The summed E-state index contributed by atoms with van der Waals surface area (Å²) in [6.45, 7) is 14.2. The smallest absolute Gasteiger partial charge is 0.0110 e. The van der Waals surface area contributed by atoms with Gasteiger partial charge >= 0.3 is 0 Å². The lowest BCUT2D eigenvalue weighted by atomic mass is 10.0. The molecule has 1 saturated heterocycles. The van der Waals surface area contributed by atoms with Gasteiger partial charge in [-0.15, -0.1) is 0 Å². The molecule has 3 heteroatoms. The first-order valence-electron chi connectivity index (χ1n) is 7.26. The highest BCUT2D eigenvalue weighted by Gasteiger charge is 2.13. The van der Waals surface area contributed by atoms with Gasteiger partial charge in [0.05, 0.1) is 0 Å². The summed E-state index contributed by atoms with van der Waals surface area (Å²) in [5.41, 5.74) is 0. The van der Waals surface area contributed by atoms with Crippen molar-refractivity contribution in [3.63, 3.8) is 0 Å². The molecule has 1 N–H and O–H groups in total. The third-order valence-electron chi connectivity index (χ3n) is 3.97. The van der Waals surface area contributed by atoms with Gasteiger partial charge in [0.1, 0.15) is 0 Å². The van der Waals surface area contributed by atoms with Crippen LogP contribution in [0.2, 0.25) is 0 Å². The minimum absolute atomic E-state index is 0.664. The Morgan fingerprint density at radius 1 is 1.12 bits per heavy atom. The summed E-state index contributed by atoms with van der Waals surface area (Å²) in [6.07, 6.45) is 2.60. The van der Waals surface area contributed by atoms with Crippen LogP contribution in [0.1, 0.15) is 33.6 Å². The van der Waals surface area contributed by atoms with Crippen molar-refractivity contribution in [3.05, 3.63) is 0 Å². The maximum absolute atomic E-state index is 3.65. The van der Waals surface area contributed by atoms with E-state index in [-0.39, 0.29) is 0 Å². The third-order valence-corrected chi connectivity index (χ3v) is 3.97. The lowest BCUT2D eigenvalue weighted by molar-refractivity contribution is 0.153. The Balaban J connectivity index is 2.03. The Labute approximate surface area is 108 Å². The molecule has 0 aromatic heterocycles. The Morgan fingerprint density at radius 3 is 2.35 bits per heavy atom. The molecule has 0 saturated carbocycles. The maximum atomic E-state index is 3.65. The van der Waals surface area contributed by atoms with Crippen molar-refractivity contribution in [2.24, 2.45) is 5.92 Å². The van der Waals surface area contributed by atoms with Crippen LogP contribution in [-0.2, 0) is 0 Å². The fourth-order valence-electron chi connectivity index (χ4n) is 2.39. The van der Waals surface area contributed by atoms with Crippen LogP contribution in [0.5, 0.6) is 0 Å². The van der Waals surface area contributed by atoms with E-state index in [4.69, 9.17) is 0 Å². The van der Waals surface area contributed by atoms with E-state index >= 15 is 0 Å². The normalized spacial score (nSPS) is 22.6. The van der Waals surface area contributed by atoms with E-state index in [2.05, 4.69) is 42.9 Å². The lowest BCUT2D eigenvalue weighted by Gasteiger charge is -2.32. The Hall–Kier alpha value is -0.120. The summed E-state index contributed by atoms with van der Waals surface area (Å²) >= 11 is 0. The van der Waals surface area contributed by atoms with E-state index in [1.165, 1.54) is 45.6 Å². The predicted octanol–water partition coefficient (Wildman–Crippen LogP) is 1.65. The SMILES string of the molecule is CCC(C)CC(C)NCCN1CCN(C)CC1. The van der Waals surface area contributed by atoms with Crippen LogP contribution in [0.4, 0.5) is 0 Å². The largest absolute Gasteiger partial charge is 0.313 e. The second kappa shape index (κ2) is 8.06. The van der Waals surface area contributed by atoms with Crippen molar-refractivity contribution in [1.29, 1.82) is 0 Å². The Kier molecular flexibility index (Phi) is 7.09. The average Bonchev–Trinajstić information content (AvgIpc) is 2.31. The van der Waals surface area contributed by atoms with E-state index in [0.717, 1.165) is 12.5 Å². The molecule has 0 radical (unpaired) electrons. The molecule has 0 aromatic carbocycles. The van der Waals surface area contributed by atoms with E-state index < -0.39 is 0 Å². The van der Waals surface area contributed by atoms with E-state index in [0.29, 0.717) is 6.04 Å². The summed E-state index contributed by atoms with van der Waals surface area (Å²) in [5, 5.41) is 3.65. The molecule has 1 aliphatic heterocycles. The number of hydrogen-bond donors (Lipinski definition) is 1. The molecule has 1 aliphatic rings. The van der Waals surface area contributed by atoms with Crippen LogP contribution in [0.3, 0.4) is 0 Å². The van der Waals surface area contributed by atoms with Gasteiger partial charge in [-0.05, 0) is 26.3 Å². The van der Waals surface area contributed by atoms with Crippen LogP contribution in [0.15, 0.2) is 0 Å². The average molecular weight is 241 g/mol. The Morgan fingerprint density at radius 2 is 1.76 bits per heavy atom. The molecule has 3 nitrogen and oxygen atoms in total. The second-order valence-electron chi connectivity index (χ2n) is 5.75. The number of piperazine rings is 1. The molecule has 0 aliphatic carbocycles. The van der Waals surface area contributed by atoms with E-state index in [1.807, 2.05) is 0 Å². The molecule has 102 valence electrons. The topological polar surface area (TPSA) is 18.5 Å². The lowest BCUT2D eigenvalue weighted by Crippen LogP contribution is -2.47. The zero-order chi connectivity index (χ0) is 12.7. The number of likely N-dealkylation sites (N-methyl/N-ethyl adjacent to an activating group) is 1. The minimum atomic E-state index is 0.664. The molecule has 1 fully saturated rings. The number of rotatable bonds is 7. The Bertz CT molecular complexity index is 188. The van der Waals surface area contributed by atoms with Gasteiger partial charge in [-0.1, -0.05) is 20.3 Å². The van der Waals surface area contributed by atoms with Gasteiger partial charge in [0, 0.05) is 45.3 Å². The van der Waals surface area contributed by atoms with Gasteiger partial charge in [0.15, 0.2) is 0 Å². The standard InChI is InChI=1S/C14H31N3/c1-5-13(2)12-14(3)15-6-7-17-10-8-16(4)9-11-17/h13-15H,5-12H2,1-4H3. The molecular formula is C14H31N3. The van der Waals surface area contributed by atoms with Crippen molar-refractivity contribution < 1.29 is 0 Å². The van der Waals surface area contributed by atoms with Crippen molar-refractivity contribution >= 4 is 0 Å². The zero-order valence-electron chi connectivity index (χ0n) is 12.2. The molecule has 17 heavy (non-hydrogen) atoms. The summed E-state index contributed by atoms with van der Waals surface area (Å²) in [5.74, 6) is 0.848. The number of nitrogens with one attached hydrogen (secondary N) is 1. The van der Waals surface area contributed by atoms with Crippen molar-refractivity contribution in [2.45, 2.75) is 39.7 Å². The minimum Gasteiger partial charge on any atom is -0.313 e. The van der Waals surface area contributed by atoms with Crippen molar-refractivity contribution in [3.8, 4) is 0 Å². The zero-order valence-corrected chi connectivity index (χ0v) is 12.2. The summed E-state index contributed by atoms with van der Waals surface area (Å²) in [6, 6.07) is 0.664. The first-order chi connectivity index (χ1) is 8.11. The molecule has 0 amide bonds. The highest BCUT2D eigenvalue weighted by atomic mass is 15.2. The predicted molar refractivity (Wildman–Crippen MR) is 75.5 cm³/mol. The number of hydrogen-bond acceptors (Lipinski definition) is 3. The van der Waals surface area contributed by atoms with Gasteiger partial charge in [-0.25, -0.2) is 0 Å². The van der Waals surface area contributed by atoms with Crippen LogP contribution >= 0.6 is 0 Å². The molecule has 1 heterocycles. The van der Waals surface area contributed by atoms with Crippen molar-refractivity contribution in [2.75, 3.05) is 46.3 Å². The van der Waals surface area contributed by atoms with Gasteiger partial charge in [-0.3, -0.25) is 4.90 Å². The molecule has 0 aromatic rings. The quantitative estimate of drug-likeness (QED) is 0.731. The second-order valence-corrected chi connectivity index (χ2v) is 5.75. The highest BCUT2D eigenvalue weighted by Crippen LogP contribution is 2.09. The van der Waals surface area contributed by atoms with Gasteiger partial charge in [-0.2, -0.15) is 0 Å². The van der Waals surface area contributed by atoms with Gasteiger partial charge < -0.3 is 10.2 Å². The fraction of sp³-hybridized carbons (Fsp3) is 1.00. The molecule has 0 spiro atoms. The molecular weight excluding hydrogens is 210 g/mol. The van der Waals surface area contributed by atoms with E-state index in [9.17, 15) is 0 Å². The van der Waals surface area contributed by atoms with E-state index in [1.54, 1.807) is 0 Å². The third kappa shape index (κ3) is 6.39. The summed E-state index contributed by atoms with van der Waals surface area (Å²) in [4.78, 5) is 4.98. The van der Waals surface area contributed by atoms with Crippen LogP contribution in [0.25, 0.3) is 0 Å². The van der Waals surface area contributed by atoms with Crippen LogP contribution in [0, 0.1) is 5.92 Å². The van der Waals surface area contributed by atoms with Crippen LogP contribution < -0.4 is 5.32 Å². The fourth-order valence-corrected chi connectivity index (χ4v) is 2.39. The van der Waals surface area contributed by atoms with Gasteiger partial charge in [0.25, 0.3) is 0 Å². The molecule has 0 bridgehead atoms. The molecule has 1 rings (SSSR count). The molecule has 2 atom stereocenters. The first-order valence-corrected chi connectivity index (χ1v) is 7.26. The molecule has 2 unspecified atom stereocenters. The summed E-state index contributed by atoms with van der Waals surface area (Å²) < 4.78 is 0. The highest BCUT2D eigenvalue weighted by molar-refractivity contribution is 4.71. The number of nitrogens with zero attached hydrogens (tertiary/aromatic N) is 2. The monoisotopic (exact) mass is 241 g/mol. The van der Waals surface area contributed by atoms with Crippen molar-refractivity contribution in [1.82, 2.24) is 15.1 Å². The van der Waals surface area contributed by atoms with Gasteiger partial charge in [0.2, 0.25) is 0 Å². The van der Waals surface area contributed by atoms with Crippen LogP contribution in [-0.4, -0.2) is 62.2 Å².